The summed E-state index contributed by atoms with van der Waals surface area (Å²) in [6.45, 7) is 1.59. The number of aromatic nitrogens is 2. The van der Waals surface area contributed by atoms with Crippen LogP contribution in [0.15, 0.2) is 41.6 Å². The van der Waals surface area contributed by atoms with E-state index in [1.807, 2.05) is 0 Å². The van der Waals surface area contributed by atoms with E-state index in [9.17, 15) is 13.2 Å². The van der Waals surface area contributed by atoms with Gasteiger partial charge in [-0.05, 0) is 19.1 Å². The molecule has 0 amide bonds. The molecule has 0 radical (unpaired) electrons. The fraction of sp³-hybridized carbons (Fsp3) is 0.231. The molecule has 0 atom stereocenters. The minimum absolute atomic E-state index is 0.0992. The van der Waals surface area contributed by atoms with Crippen LogP contribution in [0.1, 0.15) is 23.1 Å². The first-order valence-corrected chi connectivity index (χ1v) is 7.41. The van der Waals surface area contributed by atoms with Crippen molar-refractivity contribution in [3.05, 3.63) is 48.0 Å². The van der Waals surface area contributed by atoms with Crippen molar-refractivity contribution in [3.63, 3.8) is 0 Å². The predicted octanol–water partition coefficient (Wildman–Crippen LogP) is 1.43. The molecule has 6 nitrogen and oxygen atoms in total. The maximum Gasteiger partial charge on any atom is 0.243 e. The summed E-state index contributed by atoms with van der Waals surface area (Å²) >= 11 is 0. The molecule has 1 N–H and O–H groups in total. The van der Waals surface area contributed by atoms with E-state index in [1.165, 1.54) is 42.5 Å². The van der Waals surface area contributed by atoms with E-state index in [4.69, 9.17) is 0 Å². The van der Waals surface area contributed by atoms with Gasteiger partial charge in [-0.15, -0.1) is 0 Å². The van der Waals surface area contributed by atoms with Crippen molar-refractivity contribution in [3.8, 4) is 0 Å². The zero-order chi connectivity index (χ0) is 14.8. The lowest BCUT2D eigenvalue weighted by Gasteiger charge is -2.16. The molecule has 0 spiro atoms. The van der Waals surface area contributed by atoms with Gasteiger partial charge in [0, 0.05) is 25.0 Å². The van der Waals surface area contributed by atoms with Crippen LogP contribution >= 0.6 is 0 Å². The zero-order valence-corrected chi connectivity index (χ0v) is 12.0. The van der Waals surface area contributed by atoms with Crippen molar-refractivity contribution in [2.45, 2.75) is 18.4 Å². The average Bonchev–Trinajstić information content (AvgIpc) is 2.91. The van der Waals surface area contributed by atoms with Crippen LogP contribution in [-0.2, 0) is 16.6 Å². The number of carbonyl (C=O) groups is 1. The summed E-state index contributed by atoms with van der Waals surface area (Å²) in [6, 6.07) is 5.89. The van der Waals surface area contributed by atoms with Crippen LogP contribution in [0.3, 0.4) is 0 Å². The van der Waals surface area contributed by atoms with Crippen LogP contribution in [0.2, 0.25) is 0 Å². The normalized spacial score (nSPS) is 11.8. The number of sulfonamides is 1. The first kappa shape index (κ1) is 14.4. The second-order valence-electron chi connectivity index (χ2n) is 4.38. The minimum atomic E-state index is -3.60. The number of carbonyl (C=O) groups excluding carboxylic acids is 1. The largest absolute Gasteiger partial charge is 0.347 e. The van der Waals surface area contributed by atoms with Gasteiger partial charge in [-0.2, -0.15) is 4.31 Å². The van der Waals surface area contributed by atoms with Gasteiger partial charge in [-0.25, -0.2) is 13.4 Å². The molecule has 0 saturated heterocycles. The van der Waals surface area contributed by atoms with E-state index >= 15 is 0 Å². The lowest BCUT2D eigenvalue weighted by atomic mass is 10.2. The third-order valence-corrected chi connectivity index (χ3v) is 4.71. The third-order valence-electron chi connectivity index (χ3n) is 2.90. The number of imidazole rings is 1. The summed E-state index contributed by atoms with van der Waals surface area (Å²) in [5, 5.41) is 0. The first-order valence-electron chi connectivity index (χ1n) is 5.97. The van der Waals surface area contributed by atoms with E-state index in [0.717, 1.165) is 0 Å². The Balaban J connectivity index is 2.23. The molecule has 1 aromatic carbocycles. The van der Waals surface area contributed by atoms with Gasteiger partial charge in [0.15, 0.2) is 5.78 Å². The molecule has 106 valence electrons. The second-order valence-corrected chi connectivity index (χ2v) is 6.42. The fourth-order valence-corrected chi connectivity index (χ4v) is 2.85. The molecular formula is C13H15N3O3S. The number of Topliss-reactive ketones (excluding diaryl/α,β-unsaturated/α-hetero) is 1. The van der Waals surface area contributed by atoms with Crippen molar-refractivity contribution in [2.75, 3.05) is 7.05 Å². The molecule has 7 heteroatoms. The Morgan fingerprint density at radius 1 is 1.30 bits per heavy atom. The molecule has 1 heterocycles. The maximum absolute atomic E-state index is 12.3. The van der Waals surface area contributed by atoms with Crippen molar-refractivity contribution < 1.29 is 13.2 Å². The summed E-state index contributed by atoms with van der Waals surface area (Å²) in [6.07, 6.45) is 3.20. The smallest absolute Gasteiger partial charge is 0.243 e. The summed E-state index contributed by atoms with van der Waals surface area (Å²) in [5.74, 6) is 0.467. The summed E-state index contributed by atoms with van der Waals surface area (Å²) in [7, 11) is -2.11. The van der Waals surface area contributed by atoms with E-state index in [0.29, 0.717) is 11.4 Å². The minimum Gasteiger partial charge on any atom is -0.347 e. The van der Waals surface area contributed by atoms with Gasteiger partial charge in [0.2, 0.25) is 10.0 Å². The Bertz CT molecular complexity index is 691. The summed E-state index contributed by atoms with van der Waals surface area (Å²) in [4.78, 5) is 18.2. The Labute approximate surface area is 117 Å². The van der Waals surface area contributed by atoms with E-state index < -0.39 is 10.0 Å². The maximum atomic E-state index is 12.3. The lowest BCUT2D eigenvalue weighted by molar-refractivity contribution is 0.101. The number of nitrogens with zero attached hydrogens (tertiary/aromatic N) is 2. The van der Waals surface area contributed by atoms with Gasteiger partial charge < -0.3 is 4.98 Å². The average molecular weight is 293 g/mol. The molecule has 2 rings (SSSR count). The highest BCUT2D eigenvalue weighted by Crippen LogP contribution is 2.16. The molecule has 0 aliphatic rings. The molecule has 0 fully saturated rings. The monoisotopic (exact) mass is 293 g/mol. The Hall–Kier alpha value is -1.99. The molecule has 20 heavy (non-hydrogen) atoms. The van der Waals surface area contributed by atoms with Gasteiger partial charge in [0.1, 0.15) is 5.82 Å². The predicted molar refractivity (Wildman–Crippen MR) is 73.7 cm³/mol. The van der Waals surface area contributed by atoms with Crippen LogP contribution in [0.5, 0.6) is 0 Å². The number of hydrogen-bond donors (Lipinski definition) is 1. The summed E-state index contributed by atoms with van der Waals surface area (Å²) in [5.41, 5.74) is 0.484. The number of nitrogens with one attached hydrogen (secondary N) is 1. The highest BCUT2D eigenvalue weighted by molar-refractivity contribution is 7.89. The van der Waals surface area contributed by atoms with Crippen molar-refractivity contribution in [1.29, 1.82) is 0 Å². The van der Waals surface area contributed by atoms with Crippen LogP contribution in [0, 0.1) is 0 Å². The fourth-order valence-electron chi connectivity index (χ4n) is 1.72. The van der Waals surface area contributed by atoms with Gasteiger partial charge in [0.25, 0.3) is 0 Å². The topological polar surface area (TPSA) is 83.1 Å². The molecule has 2 aromatic rings. The lowest BCUT2D eigenvalue weighted by Crippen LogP contribution is -2.27. The number of ketones is 1. The van der Waals surface area contributed by atoms with Crippen molar-refractivity contribution in [2.24, 2.45) is 0 Å². The molecule has 1 aromatic heterocycles. The highest BCUT2D eigenvalue weighted by Gasteiger charge is 2.21. The number of benzene rings is 1. The molecule has 0 bridgehead atoms. The number of aromatic amines is 1. The Morgan fingerprint density at radius 2 is 1.95 bits per heavy atom. The number of hydrogen-bond acceptors (Lipinski definition) is 4. The highest BCUT2D eigenvalue weighted by atomic mass is 32.2. The molecule has 0 unspecified atom stereocenters. The molecule has 0 saturated carbocycles. The molecular weight excluding hydrogens is 278 g/mol. The van der Waals surface area contributed by atoms with Crippen LogP contribution in [-0.4, -0.2) is 35.5 Å². The standard InChI is InChI=1S/C13H15N3O3S/c1-10(17)11-3-5-12(6-4-11)20(18,19)16(2)9-13-14-7-8-15-13/h3-8H,9H2,1-2H3,(H,14,15). The number of rotatable bonds is 5. The van der Waals surface area contributed by atoms with Crippen molar-refractivity contribution in [1.82, 2.24) is 14.3 Å². The van der Waals surface area contributed by atoms with Gasteiger partial charge in [0.05, 0.1) is 11.4 Å². The number of H-pyrrole nitrogens is 1. The molecule has 0 aliphatic carbocycles. The van der Waals surface area contributed by atoms with E-state index in [1.54, 1.807) is 12.4 Å². The van der Waals surface area contributed by atoms with Crippen LogP contribution in [0.25, 0.3) is 0 Å². The quantitative estimate of drug-likeness (QED) is 0.845. The van der Waals surface area contributed by atoms with Crippen molar-refractivity contribution >= 4 is 15.8 Å². The van der Waals surface area contributed by atoms with Gasteiger partial charge >= 0.3 is 0 Å². The van der Waals surface area contributed by atoms with Gasteiger partial charge in [-0.3, -0.25) is 4.79 Å². The molecule has 0 aliphatic heterocycles. The second kappa shape index (κ2) is 5.56. The Morgan fingerprint density at radius 3 is 2.45 bits per heavy atom. The zero-order valence-electron chi connectivity index (χ0n) is 11.2. The van der Waals surface area contributed by atoms with Crippen LogP contribution < -0.4 is 0 Å². The van der Waals surface area contributed by atoms with Crippen LogP contribution in [0.4, 0.5) is 0 Å². The SMILES string of the molecule is CC(=O)c1ccc(S(=O)(=O)N(C)Cc2ncc[nH]2)cc1. The Kier molecular flexibility index (Phi) is 4.01. The van der Waals surface area contributed by atoms with Gasteiger partial charge in [-0.1, -0.05) is 12.1 Å². The van der Waals surface area contributed by atoms with E-state index in [2.05, 4.69) is 9.97 Å². The van der Waals surface area contributed by atoms with E-state index in [-0.39, 0.29) is 17.2 Å². The third kappa shape index (κ3) is 2.94. The first-order chi connectivity index (χ1) is 9.41. The summed E-state index contributed by atoms with van der Waals surface area (Å²) < 4.78 is 25.9.